The number of anilines is 1. The minimum atomic E-state index is -3.69. The lowest BCUT2D eigenvalue weighted by atomic mass is 9.95. The van der Waals surface area contributed by atoms with Gasteiger partial charge in [0.1, 0.15) is 4.90 Å². The standard InChI is InChI=1S/C21H23N3O5S2/c1-2-30(26,27)19-10-6-4-8-17(19)22-21(25)15-11-13-24(14-12-15)20-16-7-3-5-9-18(16)31(28,29)23-20/h3-10,15H,2,11-14H2,1H3,(H,22,25). The molecule has 2 aliphatic heterocycles. The van der Waals surface area contributed by atoms with Crippen LogP contribution in [0.2, 0.25) is 0 Å². The van der Waals surface area contributed by atoms with E-state index in [4.69, 9.17) is 0 Å². The van der Waals surface area contributed by atoms with Gasteiger partial charge in [0.2, 0.25) is 5.91 Å². The third kappa shape index (κ3) is 4.09. The first-order valence-electron chi connectivity index (χ1n) is 10.0. The van der Waals surface area contributed by atoms with Crippen LogP contribution in [-0.4, -0.2) is 52.3 Å². The Kier molecular flexibility index (Phi) is 5.61. The number of nitrogens with zero attached hydrogens (tertiary/aromatic N) is 2. The number of piperidine rings is 1. The van der Waals surface area contributed by atoms with Crippen molar-refractivity contribution in [1.29, 1.82) is 0 Å². The van der Waals surface area contributed by atoms with Gasteiger partial charge in [-0.15, -0.1) is 4.40 Å². The number of fused-ring (bicyclic) bond motifs is 1. The number of carbonyl (C=O) groups is 1. The fourth-order valence-electron chi connectivity index (χ4n) is 3.90. The van der Waals surface area contributed by atoms with Crippen LogP contribution >= 0.6 is 0 Å². The van der Waals surface area contributed by atoms with Gasteiger partial charge in [-0.3, -0.25) is 4.79 Å². The number of hydrogen-bond donors (Lipinski definition) is 1. The van der Waals surface area contributed by atoms with Gasteiger partial charge in [0.25, 0.3) is 10.0 Å². The normalized spacial score (nSPS) is 18.4. The molecule has 0 saturated carbocycles. The van der Waals surface area contributed by atoms with Crippen molar-refractivity contribution in [2.75, 3.05) is 24.2 Å². The number of sulfone groups is 1. The van der Waals surface area contributed by atoms with Crippen LogP contribution in [0.15, 0.2) is 62.7 Å². The van der Waals surface area contributed by atoms with E-state index in [2.05, 4.69) is 9.71 Å². The number of hydrogen-bond acceptors (Lipinski definition) is 6. The summed E-state index contributed by atoms with van der Waals surface area (Å²) in [7, 11) is -7.15. The molecule has 164 valence electrons. The number of para-hydroxylation sites is 1. The SMILES string of the molecule is CCS(=O)(=O)c1ccccc1NC(=O)C1CCN(C2=NS(=O)(=O)c3ccccc32)CC1. The summed E-state index contributed by atoms with van der Waals surface area (Å²) in [6, 6.07) is 13.1. The second-order valence-electron chi connectivity index (χ2n) is 7.54. The summed E-state index contributed by atoms with van der Waals surface area (Å²) in [6.45, 7) is 2.53. The van der Waals surface area contributed by atoms with Gasteiger partial charge in [-0.2, -0.15) is 8.42 Å². The van der Waals surface area contributed by atoms with Gasteiger partial charge >= 0.3 is 0 Å². The Morgan fingerprint density at radius 3 is 2.45 bits per heavy atom. The van der Waals surface area contributed by atoms with Crippen LogP contribution in [0.4, 0.5) is 5.69 Å². The Balaban J connectivity index is 1.46. The number of carbonyl (C=O) groups excluding carboxylic acids is 1. The van der Waals surface area contributed by atoms with Crippen molar-refractivity contribution in [3.05, 3.63) is 54.1 Å². The minimum Gasteiger partial charge on any atom is -0.355 e. The summed E-state index contributed by atoms with van der Waals surface area (Å²) in [6.07, 6.45) is 1.02. The van der Waals surface area contributed by atoms with Crippen LogP contribution in [0.3, 0.4) is 0 Å². The maximum absolute atomic E-state index is 12.8. The van der Waals surface area contributed by atoms with E-state index in [0.29, 0.717) is 37.3 Å². The van der Waals surface area contributed by atoms with Crippen LogP contribution in [0, 0.1) is 5.92 Å². The van der Waals surface area contributed by atoms with Gasteiger partial charge in [-0.1, -0.05) is 31.2 Å². The fraction of sp³-hybridized carbons (Fsp3) is 0.333. The van der Waals surface area contributed by atoms with E-state index in [9.17, 15) is 21.6 Å². The first kappa shape index (κ1) is 21.5. The van der Waals surface area contributed by atoms with Crippen molar-refractivity contribution in [2.45, 2.75) is 29.6 Å². The molecule has 0 unspecified atom stereocenters. The zero-order valence-electron chi connectivity index (χ0n) is 17.0. The Labute approximate surface area is 182 Å². The van der Waals surface area contributed by atoms with E-state index in [-0.39, 0.29) is 33.1 Å². The van der Waals surface area contributed by atoms with Crippen LogP contribution in [0.25, 0.3) is 0 Å². The summed E-state index contributed by atoms with van der Waals surface area (Å²) >= 11 is 0. The molecule has 1 saturated heterocycles. The van der Waals surface area contributed by atoms with Crippen molar-refractivity contribution in [3.63, 3.8) is 0 Å². The number of rotatable bonds is 4. The van der Waals surface area contributed by atoms with Crippen molar-refractivity contribution in [3.8, 4) is 0 Å². The van der Waals surface area contributed by atoms with Gasteiger partial charge in [0.15, 0.2) is 15.7 Å². The molecule has 1 fully saturated rings. The van der Waals surface area contributed by atoms with E-state index in [0.717, 1.165) is 0 Å². The molecule has 0 spiro atoms. The average Bonchev–Trinajstić information content (AvgIpc) is 3.05. The zero-order valence-corrected chi connectivity index (χ0v) is 18.6. The monoisotopic (exact) mass is 461 g/mol. The highest BCUT2D eigenvalue weighted by Gasteiger charge is 2.34. The predicted molar refractivity (Wildman–Crippen MR) is 117 cm³/mol. The zero-order chi connectivity index (χ0) is 22.2. The molecule has 4 rings (SSSR count). The molecular formula is C21H23N3O5S2. The smallest absolute Gasteiger partial charge is 0.285 e. The lowest BCUT2D eigenvalue weighted by Crippen LogP contribution is -2.41. The van der Waals surface area contributed by atoms with Gasteiger partial charge < -0.3 is 10.2 Å². The lowest BCUT2D eigenvalue weighted by molar-refractivity contribution is -0.121. The van der Waals surface area contributed by atoms with Crippen molar-refractivity contribution < 1.29 is 21.6 Å². The summed E-state index contributed by atoms with van der Waals surface area (Å²) in [4.78, 5) is 15.0. The Morgan fingerprint density at radius 1 is 1.10 bits per heavy atom. The molecule has 8 nitrogen and oxygen atoms in total. The summed E-state index contributed by atoms with van der Waals surface area (Å²) < 4.78 is 53.1. The second kappa shape index (κ2) is 8.08. The highest BCUT2D eigenvalue weighted by molar-refractivity contribution is 7.91. The molecule has 0 atom stereocenters. The molecule has 0 aliphatic carbocycles. The van der Waals surface area contributed by atoms with E-state index in [1.807, 2.05) is 4.90 Å². The number of likely N-dealkylation sites (tertiary alicyclic amines) is 1. The highest BCUT2D eigenvalue weighted by atomic mass is 32.2. The fourth-order valence-corrected chi connectivity index (χ4v) is 6.18. The third-order valence-electron chi connectivity index (χ3n) is 5.64. The molecule has 2 aromatic carbocycles. The number of nitrogens with one attached hydrogen (secondary N) is 1. The number of benzene rings is 2. The molecule has 2 aliphatic rings. The lowest BCUT2D eigenvalue weighted by Gasteiger charge is -2.32. The number of amides is 1. The minimum absolute atomic E-state index is 0.0508. The van der Waals surface area contributed by atoms with Gasteiger partial charge in [-0.05, 0) is 37.1 Å². The van der Waals surface area contributed by atoms with Crippen LogP contribution in [-0.2, 0) is 24.7 Å². The molecule has 2 aromatic rings. The predicted octanol–water partition coefficient (Wildman–Crippen LogP) is 2.28. The molecule has 1 N–H and O–H groups in total. The maximum Gasteiger partial charge on any atom is 0.285 e. The highest BCUT2D eigenvalue weighted by Crippen LogP contribution is 2.30. The number of sulfonamides is 1. The van der Waals surface area contributed by atoms with Gasteiger partial charge in [0.05, 0.1) is 16.3 Å². The van der Waals surface area contributed by atoms with Crippen LogP contribution < -0.4 is 5.32 Å². The quantitative estimate of drug-likeness (QED) is 0.747. The molecular weight excluding hydrogens is 438 g/mol. The Bertz CT molecular complexity index is 1260. The third-order valence-corrected chi connectivity index (χ3v) is 8.75. The van der Waals surface area contributed by atoms with E-state index < -0.39 is 19.9 Å². The van der Waals surface area contributed by atoms with E-state index >= 15 is 0 Å². The van der Waals surface area contributed by atoms with Crippen molar-refractivity contribution >= 4 is 37.3 Å². The largest absolute Gasteiger partial charge is 0.355 e. The Morgan fingerprint density at radius 2 is 1.74 bits per heavy atom. The summed E-state index contributed by atoms with van der Waals surface area (Å²) in [5, 5.41) is 2.77. The first-order chi connectivity index (χ1) is 14.7. The van der Waals surface area contributed by atoms with Crippen molar-refractivity contribution in [2.24, 2.45) is 10.3 Å². The molecule has 31 heavy (non-hydrogen) atoms. The van der Waals surface area contributed by atoms with Crippen molar-refractivity contribution in [1.82, 2.24) is 4.90 Å². The second-order valence-corrected chi connectivity index (χ2v) is 11.4. The summed E-state index contributed by atoms with van der Waals surface area (Å²) in [5.74, 6) is -0.166. The molecule has 0 bridgehead atoms. The number of amidine groups is 1. The van der Waals surface area contributed by atoms with Gasteiger partial charge in [0, 0.05) is 24.6 Å². The average molecular weight is 462 g/mol. The molecule has 10 heteroatoms. The molecule has 0 aromatic heterocycles. The summed E-state index contributed by atoms with van der Waals surface area (Å²) in [5.41, 5.74) is 0.876. The Hall–Kier alpha value is -2.72. The molecule has 0 radical (unpaired) electrons. The maximum atomic E-state index is 12.8. The van der Waals surface area contributed by atoms with Crippen LogP contribution in [0.1, 0.15) is 25.3 Å². The first-order valence-corrected chi connectivity index (χ1v) is 13.1. The molecule has 1 amide bonds. The topological polar surface area (TPSA) is 113 Å². The van der Waals surface area contributed by atoms with E-state index in [1.54, 1.807) is 49.4 Å². The molecule has 2 heterocycles. The van der Waals surface area contributed by atoms with Gasteiger partial charge in [-0.25, -0.2) is 8.42 Å². The van der Waals surface area contributed by atoms with Crippen LogP contribution in [0.5, 0.6) is 0 Å². The van der Waals surface area contributed by atoms with E-state index in [1.165, 1.54) is 6.07 Å².